The third-order valence-corrected chi connectivity index (χ3v) is 10.1. The number of amides is 1. The normalized spacial score (nSPS) is 19.8. The minimum atomic E-state index is -0.699. The predicted molar refractivity (Wildman–Crippen MR) is 180 cm³/mol. The Kier molecular flexibility index (Phi) is 10.5. The Morgan fingerprint density at radius 2 is 1.86 bits per heavy atom. The van der Waals surface area contributed by atoms with Gasteiger partial charge in [0.05, 0.1) is 12.3 Å². The molecular weight excluding hydrogens is 572 g/mol. The van der Waals surface area contributed by atoms with Gasteiger partial charge in [0.1, 0.15) is 11.8 Å². The van der Waals surface area contributed by atoms with Crippen LogP contribution in [0.2, 0.25) is 0 Å². The first kappa shape index (κ1) is 32.3. The lowest BCUT2D eigenvalue weighted by atomic mass is 9.73. The highest BCUT2D eigenvalue weighted by Gasteiger charge is 2.39. The van der Waals surface area contributed by atoms with Gasteiger partial charge in [0, 0.05) is 59.9 Å². The second kappa shape index (κ2) is 14.3. The van der Waals surface area contributed by atoms with Gasteiger partial charge in [-0.15, -0.1) is 11.3 Å². The Hall–Kier alpha value is -3.14. The average Bonchev–Trinajstić information content (AvgIpc) is 3.50. The molecule has 0 aliphatic carbocycles. The highest BCUT2D eigenvalue weighted by Crippen LogP contribution is 2.44. The van der Waals surface area contributed by atoms with E-state index >= 15 is 0 Å². The molecule has 1 saturated heterocycles. The topological polar surface area (TPSA) is 88.3 Å². The lowest BCUT2D eigenvalue weighted by Gasteiger charge is -2.40. The van der Waals surface area contributed by atoms with Crippen LogP contribution in [0.1, 0.15) is 65.4 Å². The molecule has 0 radical (unpaired) electrons. The number of thiophene rings is 1. The van der Waals surface area contributed by atoms with Crippen LogP contribution in [-0.2, 0) is 19.7 Å². The number of ether oxygens (including phenoxy) is 2. The zero-order valence-electron chi connectivity index (χ0n) is 26.7. The van der Waals surface area contributed by atoms with E-state index < -0.39 is 12.0 Å². The zero-order valence-corrected chi connectivity index (χ0v) is 27.5. The Bertz CT molecular complexity index is 1430. The number of nitrogens with zero attached hydrogens (tertiary/aromatic N) is 3. The summed E-state index contributed by atoms with van der Waals surface area (Å²) in [6, 6.07) is 14.1. The maximum atomic E-state index is 13.3. The number of piperazine rings is 1. The lowest BCUT2D eigenvalue weighted by molar-refractivity contribution is -0.146. The van der Waals surface area contributed by atoms with Crippen molar-refractivity contribution in [1.29, 1.82) is 0 Å². The molecule has 1 aromatic heterocycles. The van der Waals surface area contributed by atoms with E-state index in [1.807, 2.05) is 26.0 Å². The molecule has 2 aromatic carbocycles. The molecule has 3 heterocycles. The molecule has 2 aliphatic rings. The van der Waals surface area contributed by atoms with E-state index in [1.54, 1.807) is 16.2 Å². The van der Waals surface area contributed by atoms with Crippen LogP contribution in [0.4, 0.5) is 11.4 Å². The number of carbonyl (C=O) groups excluding carboxylic acids is 2. The molecule has 0 saturated carbocycles. The fraction of sp³-hybridized carbons (Fsp3) is 0.543. The number of hydrogen-bond donors (Lipinski definition) is 1. The summed E-state index contributed by atoms with van der Waals surface area (Å²) in [5, 5.41) is 3.54. The molecule has 2 aliphatic heterocycles. The molecule has 8 nitrogen and oxygen atoms in total. The molecule has 0 spiro atoms. The van der Waals surface area contributed by atoms with Crippen LogP contribution in [0, 0.1) is 5.92 Å². The highest BCUT2D eigenvalue weighted by atomic mass is 32.1. The van der Waals surface area contributed by atoms with Crippen molar-refractivity contribution in [3.63, 3.8) is 0 Å². The maximum absolute atomic E-state index is 13.3. The van der Waals surface area contributed by atoms with Gasteiger partial charge >= 0.3 is 5.97 Å². The van der Waals surface area contributed by atoms with Crippen molar-refractivity contribution in [2.24, 2.45) is 11.7 Å². The van der Waals surface area contributed by atoms with Gasteiger partial charge in [-0.3, -0.25) is 19.4 Å². The molecule has 9 heteroatoms. The van der Waals surface area contributed by atoms with Crippen LogP contribution in [-0.4, -0.2) is 68.9 Å². The van der Waals surface area contributed by atoms with E-state index in [1.165, 1.54) is 15.8 Å². The standard InChI is InChI=1S/C35H48N4O4S/c1-5-35(4)23-33(40)39(24-43-34(41)29(36)21-25(2)3)31-22-26(11-12-28(31)35)42-19-7-6-14-37-15-17-38(18-16-37)30-9-8-10-32-27(30)13-20-44-32/h8-13,20,22,25,29H,5-7,14-19,21,23-24,36H2,1-4H3. The van der Waals surface area contributed by atoms with E-state index in [4.69, 9.17) is 15.2 Å². The largest absolute Gasteiger partial charge is 0.494 e. The average molecular weight is 621 g/mol. The monoisotopic (exact) mass is 620 g/mol. The molecular formula is C35H48N4O4S. The second-order valence-electron chi connectivity index (χ2n) is 12.9. The van der Waals surface area contributed by atoms with Crippen molar-refractivity contribution in [1.82, 2.24) is 4.90 Å². The Morgan fingerprint density at radius 3 is 2.61 bits per heavy atom. The maximum Gasteiger partial charge on any atom is 0.324 e. The minimum absolute atomic E-state index is 0.0590. The third kappa shape index (κ3) is 7.38. The predicted octanol–water partition coefficient (Wildman–Crippen LogP) is 6.16. The number of hydrogen-bond acceptors (Lipinski definition) is 8. The van der Waals surface area contributed by atoms with Crippen molar-refractivity contribution in [3.8, 4) is 5.75 Å². The summed E-state index contributed by atoms with van der Waals surface area (Å²) in [5.74, 6) is 0.463. The minimum Gasteiger partial charge on any atom is -0.494 e. The number of esters is 1. The van der Waals surface area contributed by atoms with Crippen LogP contribution >= 0.6 is 11.3 Å². The van der Waals surface area contributed by atoms with Gasteiger partial charge in [0.2, 0.25) is 5.91 Å². The number of fused-ring (bicyclic) bond motifs is 2. The van der Waals surface area contributed by atoms with Crippen LogP contribution in [0.25, 0.3) is 10.1 Å². The van der Waals surface area contributed by atoms with E-state index in [2.05, 4.69) is 59.4 Å². The third-order valence-electron chi connectivity index (χ3n) is 9.22. The fourth-order valence-electron chi connectivity index (χ4n) is 6.38. The van der Waals surface area contributed by atoms with Crippen LogP contribution in [0.5, 0.6) is 5.75 Å². The van der Waals surface area contributed by atoms with Gasteiger partial charge in [0.25, 0.3) is 0 Å². The second-order valence-corrected chi connectivity index (χ2v) is 13.9. The van der Waals surface area contributed by atoms with Gasteiger partial charge in [-0.2, -0.15) is 0 Å². The molecule has 2 atom stereocenters. The van der Waals surface area contributed by atoms with E-state index in [0.717, 1.165) is 69.0 Å². The molecule has 238 valence electrons. The van der Waals surface area contributed by atoms with Crippen LogP contribution < -0.4 is 20.3 Å². The Balaban J connectivity index is 1.12. The number of unbranched alkanes of at least 4 members (excludes halogenated alkanes) is 1. The highest BCUT2D eigenvalue weighted by molar-refractivity contribution is 7.17. The molecule has 44 heavy (non-hydrogen) atoms. The number of anilines is 2. The molecule has 0 bridgehead atoms. The summed E-state index contributed by atoms with van der Waals surface area (Å²) in [5.41, 5.74) is 8.93. The molecule has 1 amide bonds. The first-order valence-electron chi connectivity index (χ1n) is 16.1. The molecule has 5 rings (SSSR count). The first-order chi connectivity index (χ1) is 21.2. The van der Waals surface area contributed by atoms with Crippen molar-refractivity contribution in [3.05, 3.63) is 53.4 Å². The number of nitrogens with two attached hydrogens (primary N) is 1. The summed E-state index contributed by atoms with van der Waals surface area (Å²) in [6.07, 6.45) is 3.75. The van der Waals surface area contributed by atoms with Crippen LogP contribution in [0.3, 0.4) is 0 Å². The molecule has 2 N–H and O–H groups in total. The van der Waals surface area contributed by atoms with E-state index in [9.17, 15) is 9.59 Å². The van der Waals surface area contributed by atoms with Gasteiger partial charge in [0.15, 0.2) is 6.73 Å². The van der Waals surface area contributed by atoms with Crippen LogP contribution in [0.15, 0.2) is 47.8 Å². The van der Waals surface area contributed by atoms with Crippen molar-refractivity contribution in [2.45, 2.75) is 71.3 Å². The van der Waals surface area contributed by atoms with E-state index in [0.29, 0.717) is 19.4 Å². The summed E-state index contributed by atoms with van der Waals surface area (Å²) in [6.45, 7) is 14.0. The number of carbonyl (C=O) groups is 2. The lowest BCUT2D eigenvalue weighted by Crippen LogP contribution is -2.46. The van der Waals surface area contributed by atoms with Crippen molar-refractivity contribution >= 4 is 44.7 Å². The molecule has 2 unspecified atom stereocenters. The van der Waals surface area contributed by atoms with Gasteiger partial charge in [-0.1, -0.05) is 39.8 Å². The SMILES string of the molecule is CCC1(C)CC(=O)N(COC(=O)C(N)CC(C)C)c2cc(OCCCCN3CCN(c4cccc5sccc45)CC3)ccc21. The fourth-order valence-corrected chi connectivity index (χ4v) is 7.19. The smallest absolute Gasteiger partial charge is 0.324 e. The van der Waals surface area contributed by atoms with Gasteiger partial charge in [-0.25, -0.2) is 0 Å². The van der Waals surface area contributed by atoms with Crippen molar-refractivity contribution in [2.75, 3.05) is 55.9 Å². The summed E-state index contributed by atoms with van der Waals surface area (Å²) in [7, 11) is 0. The van der Waals surface area contributed by atoms with Crippen molar-refractivity contribution < 1.29 is 19.1 Å². The zero-order chi connectivity index (χ0) is 31.3. The number of benzene rings is 2. The quantitative estimate of drug-likeness (QED) is 0.181. The number of rotatable bonds is 13. The Labute approximate surface area is 266 Å². The Morgan fingerprint density at radius 1 is 1.07 bits per heavy atom. The summed E-state index contributed by atoms with van der Waals surface area (Å²) in [4.78, 5) is 32.4. The summed E-state index contributed by atoms with van der Waals surface area (Å²) >= 11 is 1.80. The molecule has 1 fully saturated rings. The summed E-state index contributed by atoms with van der Waals surface area (Å²) < 4.78 is 13.0. The first-order valence-corrected chi connectivity index (χ1v) is 17.0. The van der Waals surface area contributed by atoms with Gasteiger partial charge < -0.3 is 20.1 Å². The van der Waals surface area contributed by atoms with E-state index in [-0.39, 0.29) is 24.0 Å². The molecule has 3 aromatic rings. The van der Waals surface area contributed by atoms with Gasteiger partial charge in [-0.05, 0) is 73.4 Å².